The maximum absolute atomic E-state index is 12.8. The number of nitrogens with one attached hydrogen (secondary N) is 2. The molecule has 4 atom stereocenters. The van der Waals surface area contributed by atoms with E-state index in [1.165, 1.54) is 47.2 Å². The number of rotatable bonds is 27. The van der Waals surface area contributed by atoms with Crippen molar-refractivity contribution in [2.75, 3.05) is 57.6 Å². The highest BCUT2D eigenvalue weighted by atomic mass is 32.2. The maximum atomic E-state index is 12.8. The van der Waals surface area contributed by atoms with Crippen molar-refractivity contribution in [1.82, 2.24) is 20.4 Å². The van der Waals surface area contributed by atoms with Crippen LogP contribution in [0.2, 0.25) is 0 Å². The fraction of sp³-hybridized carbons (Fsp3) is 0.806. The standard InChI is InChI=1S/C31H54N4O12P2S2/c1-23(2)49(44,45)47-18-14-33-27(37)12-20-51-25-22-29(39)35(31(25)41)16-9-5-4-8-15-34-28(38)21-24(30(34)40)50-19-11-26(36)32-13-7-6-10-17-46-48(3,42)43/h23-25H,4-22H2,1-3H3,(H,32,36)(H,33,37)(H,42,43)(H,44,45)/p-1. The molecule has 16 nitrogen and oxygen atoms in total. The molecule has 2 aliphatic rings. The van der Waals surface area contributed by atoms with E-state index in [1.54, 1.807) is 0 Å². The summed E-state index contributed by atoms with van der Waals surface area (Å²) >= 11 is 2.54. The number of imide groups is 2. The van der Waals surface area contributed by atoms with E-state index in [9.17, 15) is 42.8 Å². The van der Waals surface area contributed by atoms with Crippen LogP contribution in [0.15, 0.2) is 0 Å². The minimum Gasteiger partial charge on any atom is -0.778 e. The van der Waals surface area contributed by atoms with Gasteiger partial charge in [-0.15, -0.1) is 23.5 Å². The van der Waals surface area contributed by atoms with Gasteiger partial charge in [0.05, 0.1) is 23.7 Å². The van der Waals surface area contributed by atoms with E-state index in [1.807, 2.05) is 0 Å². The van der Waals surface area contributed by atoms with E-state index < -0.39 is 31.4 Å². The highest BCUT2D eigenvalue weighted by Crippen LogP contribution is 2.42. The molecule has 3 N–H and O–H groups in total. The van der Waals surface area contributed by atoms with Gasteiger partial charge >= 0.3 is 7.60 Å². The zero-order valence-corrected chi connectivity index (χ0v) is 33.1. The SMILES string of the molecule is CC(C)P(=O)([O-])OCCNC(=O)CCSC1CC(=O)N(CCCCCCN2C(=O)CC(SCCC(=O)NCCCCCOP(C)(=O)O)C2=O)C1=O. The van der Waals surface area contributed by atoms with Gasteiger partial charge in [0.15, 0.2) is 0 Å². The summed E-state index contributed by atoms with van der Waals surface area (Å²) in [4.78, 5) is 97.8. The summed E-state index contributed by atoms with van der Waals surface area (Å²) in [6, 6.07) is 0. The number of nitrogens with zero attached hydrogens (tertiary/aromatic N) is 2. The third-order valence-corrected chi connectivity index (χ3v) is 12.9. The van der Waals surface area contributed by atoms with Crippen LogP contribution in [0.4, 0.5) is 0 Å². The van der Waals surface area contributed by atoms with Crippen molar-refractivity contribution in [3.05, 3.63) is 0 Å². The third kappa shape index (κ3) is 17.7. The predicted molar refractivity (Wildman–Crippen MR) is 193 cm³/mol. The Kier molecular flexibility index (Phi) is 20.6. The number of hydrogen-bond acceptors (Lipinski definition) is 13. The van der Waals surface area contributed by atoms with Gasteiger partial charge in [0.2, 0.25) is 35.4 Å². The largest absolute Gasteiger partial charge is 0.778 e. The Morgan fingerprint density at radius 3 is 1.73 bits per heavy atom. The molecule has 6 amide bonds. The Morgan fingerprint density at radius 1 is 0.784 bits per heavy atom. The molecule has 0 aromatic rings. The van der Waals surface area contributed by atoms with Gasteiger partial charge in [0.1, 0.15) is 7.60 Å². The molecule has 2 rings (SSSR count). The zero-order chi connectivity index (χ0) is 38.0. The number of thioether (sulfide) groups is 2. The average molecular weight is 800 g/mol. The summed E-state index contributed by atoms with van der Waals surface area (Å²) < 4.78 is 32.3. The fourth-order valence-electron chi connectivity index (χ4n) is 5.07. The minimum absolute atomic E-state index is 0.0456. The van der Waals surface area contributed by atoms with E-state index in [2.05, 4.69) is 10.6 Å². The summed E-state index contributed by atoms with van der Waals surface area (Å²) in [6.45, 7) is 5.29. The van der Waals surface area contributed by atoms with Gasteiger partial charge in [0.25, 0.3) is 0 Å². The second-order valence-electron chi connectivity index (χ2n) is 12.7. The second-order valence-corrected chi connectivity index (χ2v) is 19.5. The zero-order valence-electron chi connectivity index (χ0n) is 29.7. The molecule has 2 saturated heterocycles. The van der Waals surface area contributed by atoms with Gasteiger partial charge < -0.3 is 34.0 Å². The number of hydrogen-bond donors (Lipinski definition) is 3. The Labute approximate surface area is 308 Å². The normalized spacial score (nSPS) is 20.3. The molecule has 0 aromatic carbocycles. The highest BCUT2D eigenvalue weighted by molar-refractivity contribution is 8.00. The number of amides is 6. The van der Waals surface area contributed by atoms with Crippen LogP contribution in [0.3, 0.4) is 0 Å². The van der Waals surface area contributed by atoms with Crippen LogP contribution in [0.5, 0.6) is 0 Å². The summed E-state index contributed by atoms with van der Waals surface area (Å²) in [5, 5.41) is 4.33. The summed E-state index contributed by atoms with van der Waals surface area (Å²) in [5.41, 5.74) is -0.648. The summed E-state index contributed by atoms with van der Waals surface area (Å²) in [7, 11) is -7.40. The quantitative estimate of drug-likeness (QED) is 0.0616. The first kappa shape index (κ1) is 45.4. The van der Waals surface area contributed by atoms with Crippen LogP contribution >= 0.6 is 38.7 Å². The van der Waals surface area contributed by atoms with Crippen molar-refractivity contribution in [1.29, 1.82) is 0 Å². The smallest absolute Gasteiger partial charge is 0.325 e. The molecular weight excluding hydrogens is 746 g/mol. The Balaban J connectivity index is 1.53. The lowest BCUT2D eigenvalue weighted by molar-refractivity contribution is -0.200. The van der Waals surface area contributed by atoms with Gasteiger partial charge in [-0.2, -0.15) is 0 Å². The van der Waals surface area contributed by atoms with Crippen LogP contribution in [0, 0.1) is 0 Å². The monoisotopic (exact) mass is 799 g/mol. The first-order chi connectivity index (χ1) is 24.0. The van der Waals surface area contributed by atoms with Gasteiger partial charge in [0, 0.05) is 75.7 Å². The third-order valence-electron chi connectivity index (χ3n) is 8.02. The molecule has 292 valence electrons. The maximum Gasteiger partial charge on any atom is 0.325 e. The highest BCUT2D eigenvalue weighted by Gasteiger charge is 2.39. The molecule has 0 bridgehead atoms. The minimum atomic E-state index is -3.94. The average Bonchev–Trinajstić information content (AvgIpc) is 3.47. The number of carbonyl (C=O) groups is 6. The summed E-state index contributed by atoms with van der Waals surface area (Å²) in [6.07, 6.45) is 5.18. The van der Waals surface area contributed by atoms with E-state index in [0.29, 0.717) is 63.1 Å². The topological polar surface area (TPSA) is 229 Å². The predicted octanol–water partition coefficient (Wildman–Crippen LogP) is 2.26. The lowest BCUT2D eigenvalue weighted by atomic mass is 10.2. The first-order valence-corrected chi connectivity index (χ1v) is 23.1. The Morgan fingerprint density at radius 2 is 1.25 bits per heavy atom. The van der Waals surface area contributed by atoms with Gasteiger partial charge in [-0.1, -0.05) is 26.7 Å². The molecule has 0 aromatic heterocycles. The molecule has 51 heavy (non-hydrogen) atoms. The lowest BCUT2D eigenvalue weighted by Gasteiger charge is -2.26. The molecule has 20 heteroatoms. The molecule has 0 aliphatic carbocycles. The van der Waals surface area contributed by atoms with Gasteiger partial charge in [-0.3, -0.25) is 43.1 Å². The van der Waals surface area contributed by atoms with E-state index in [4.69, 9.17) is 13.9 Å². The molecule has 0 saturated carbocycles. The van der Waals surface area contributed by atoms with E-state index in [0.717, 1.165) is 13.1 Å². The van der Waals surface area contributed by atoms with Crippen molar-refractivity contribution >= 4 is 74.2 Å². The molecule has 4 unspecified atom stereocenters. The van der Waals surface area contributed by atoms with Crippen molar-refractivity contribution < 1.29 is 56.7 Å². The number of unbranched alkanes of at least 4 members (excludes halogenated alkanes) is 5. The second kappa shape index (κ2) is 23.1. The van der Waals surface area contributed by atoms with E-state index >= 15 is 0 Å². The molecule has 2 aliphatic heterocycles. The molecular formula is C31H53N4O12P2S2-. The van der Waals surface area contributed by atoms with E-state index in [-0.39, 0.29) is 87.4 Å². The number of carbonyl (C=O) groups excluding carboxylic acids is 6. The molecule has 2 heterocycles. The molecule has 0 radical (unpaired) electrons. The Bertz CT molecular complexity index is 1300. The van der Waals surface area contributed by atoms with Crippen molar-refractivity contribution in [3.63, 3.8) is 0 Å². The van der Waals surface area contributed by atoms with Crippen molar-refractivity contribution in [3.8, 4) is 0 Å². The Hall–Kier alpha value is -1.78. The summed E-state index contributed by atoms with van der Waals surface area (Å²) in [5.74, 6) is -0.707. The van der Waals surface area contributed by atoms with Crippen LogP contribution in [0.1, 0.15) is 84.5 Å². The van der Waals surface area contributed by atoms with Crippen molar-refractivity contribution in [2.45, 2.75) is 101 Å². The first-order valence-electron chi connectivity index (χ1n) is 17.4. The molecule has 0 spiro atoms. The molecule has 2 fully saturated rings. The van der Waals surface area contributed by atoms with Crippen LogP contribution in [-0.2, 0) is 46.9 Å². The van der Waals surface area contributed by atoms with Crippen molar-refractivity contribution in [2.24, 2.45) is 0 Å². The number of likely N-dealkylation sites (tertiary alicyclic amines) is 2. The van der Waals surface area contributed by atoms with Crippen LogP contribution in [0.25, 0.3) is 0 Å². The van der Waals surface area contributed by atoms with Crippen LogP contribution < -0.4 is 15.5 Å². The van der Waals surface area contributed by atoms with Gasteiger partial charge in [-0.25, -0.2) is 0 Å². The van der Waals surface area contributed by atoms with Crippen LogP contribution in [-0.4, -0.2) is 124 Å². The van der Waals surface area contributed by atoms with Gasteiger partial charge in [-0.05, 0) is 32.1 Å². The lowest BCUT2D eigenvalue weighted by Crippen LogP contribution is -2.33. The fourth-order valence-corrected chi connectivity index (χ4v) is 8.42.